The third kappa shape index (κ3) is 2.49. The van der Waals surface area contributed by atoms with Gasteiger partial charge in [0.25, 0.3) is 0 Å². The molecule has 1 heterocycles. The fraction of sp³-hybridized carbons (Fsp3) is 0.909. The van der Waals surface area contributed by atoms with E-state index in [2.05, 4.69) is 26.1 Å². The number of nitrogens with one attached hydrogen (secondary N) is 1. The van der Waals surface area contributed by atoms with Gasteiger partial charge in [0.15, 0.2) is 0 Å². The number of hydrogen-bond donors (Lipinski definition) is 1. The molecular weight excluding hydrogens is 340 g/mol. The maximum atomic E-state index is 13.4. The van der Waals surface area contributed by atoms with E-state index in [1.165, 1.54) is 25.7 Å². The van der Waals surface area contributed by atoms with E-state index in [4.69, 9.17) is 4.74 Å². The zero-order valence-electron chi connectivity index (χ0n) is 17.3. The average molecular weight is 377 g/mol. The van der Waals surface area contributed by atoms with Gasteiger partial charge in [0.1, 0.15) is 5.54 Å². The lowest BCUT2D eigenvalue weighted by Crippen LogP contribution is -2.63. The summed E-state index contributed by atoms with van der Waals surface area (Å²) < 4.78 is 5.76. The molecule has 4 bridgehead atoms. The van der Waals surface area contributed by atoms with Crippen molar-refractivity contribution in [3.05, 3.63) is 0 Å². The number of rotatable bonds is 5. The number of nitrogens with zero attached hydrogens (tertiary/aromatic N) is 1. The van der Waals surface area contributed by atoms with Crippen LogP contribution in [0.5, 0.6) is 0 Å². The van der Waals surface area contributed by atoms with Gasteiger partial charge < -0.3 is 15.0 Å². The molecule has 5 heteroatoms. The maximum Gasteiger partial charge on any atom is 0.332 e. The lowest BCUT2D eigenvalue weighted by molar-refractivity contribution is -0.162. The van der Waals surface area contributed by atoms with Gasteiger partial charge in [-0.1, -0.05) is 46.5 Å². The molecule has 4 rings (SSSR count). The largest absolute Gasteiger partial charge is 0.464 e. The third-order valence-electron chi connectivity index (χ3n) is 8.80. The summed E-state index contributed by atoms with van der Waals surface area (Å²) in [6.07, 6.45) is 10.6. The van der Waals surface area contributed by atoms with Crippen molar-refractivity contribution in [1.82, 2.24) is 10.2 Å². The van der Waals surface area contributed by atoms with Crippen LogP contribution in [0.1, 0.15) is 85.0 Å². The first-order chi connectivity index (χ1) is 12.9. The van der Waals surface area contributed by atoms with Crippen LogP contribution in [0.25, 0.3) is 0 Å². The Hall–Kier alpha value is -1.26. The Morgan fingerprint density at radius 3 is 2.56 bits per heavy atom. The lowest BCUT2D eigenvalue weighted by Gasteiger charge is -2.46. The number of carbonyl (C=O) groups is 2. The molecule has 5 nitrogen and oxygen atoms in total. The fourth-order valence-electron chi connectivity index (χ4n) is 6.87. The molecule has 0 spiro atoms. The van der Waals surface area contributed by atoms with Crippen molar-refractivity contribution in [3.8, 4) is 0 Å². The summed E-state index contributed by atoms with van der Waals surface area (Å²) in [6, 6.07) is 0.223. The van der Waals surface area contributed by atoms with Crippen molar-refractivity contribution in [3.63, 3.8) is 0 Å². The topological polar surface area (TPSA) is 58.6 Å². The molecular formula is C22H36N2O3. The van der Waals surface area contributed by atoms with Crippen LogP contribution in [-0.2, 0) is 9.53 Å². The fourth-order valence-corrected chi connectivity index (χ4v) is 6.87. The Labute approximate surface area is 163 Å². The highest BCUT2D eigenvalue weighted by atomic mass is 16.5. The predicted molar refractivity (Wildman–Crippen MR) is 104 cm³/mol. The van der Waals surface area contributed by atoms with Crippen LogP contribution >= 0.6 is 0 Å². The van der Waals surface area contributed by atoms with Gasteiger partial charge >= 0.3 is 12.0 Å². The van der Waals surface area contributed by atoms with E-state index in [1.807, 2.05) is 4.90 Å². The monoisotopic (exact) mass is 376 g/mol. The Kier molecular flexibility index (Phi) is 4.71. The molecule has 0 unspecified atom stereocenters. The van der Waals surface area contributed by atoms with Crippen LogP contribution in [0.15, 0.2) is 0 Å². The van der Waals surface area contributed by atoms with Gasteiger partial charge in [0.05, 0.1) is 6.61 Å². The van der Waals surface area contributed by atoms with E-state index in [9.17, 15) is 9.59 Å². The summed E-state index contributed by atoms with van der Waals surface area (Å²) in [5.74, 6) is 0.378. The van der Waals surface area contributed by atoms with Crippen molar-refractivity contribution in [2.24, 2.45) is 16.7 Å². The van der Waals surface area contributed by atoms with E-state index in [0.717, 1.165) is 38.5 Å². The molecule has 0 aromatic heterocycles. The SMILES string of the molecule is CCCCOC(=O)[C@@]12C[C@H]3CC[C@@]1(C)[C@@]3(C)CN2C(=O)NC1CCCCC1. The maximum absolute atomic E-state index is 13.4. The van der Waals surface area contributed by atoms with Crippen LogP contribution < -0.4 is 5.32 Å². The van der Waals surface area contributed by atoms with E-state index >= 15 is 0 Å². The molecule has 4 aliphatic rings. The molecule has 4 atom stereocenters. The Balaban J connectivity index is 1.59. The van der Waals surface area contributed by atoms with Crippen molar-refractivity contribution < 1.29 is 14.3 Å². The van der Waals surface area contributed by atoms with Gasteiger partial charge in [0, 0.05) is 18.0 Å². The normalized spacial score (nSPS) is 40.4. The molecule has 0 aromatic carbocycles. The molecule has 152 valence electrons. The number of hydrogen-bond acceptors (Lipinski definition) is 3. The standard InChI is InChI=1S/C22H36N2O3/c1-4-5-13-27-18(25)22-14-16-11-12-21(22,3)20(16,2)15-24(22)19(26)23-17-9-7-6-8-10-17/h16-17H,4-15H2,1-3H3,(H,23,26)/t16-,20+,21+,22+/m1/s1. The highest BCUT2D eigenvalue weighted by molar-refractivity contribution is 5.91. The first-order valence-corrected chi connectivity index (χ1v) is 11.1. The number of piperidine rings is 1. The zero-order chi connectivity index (χ0) is 19.3. The number of amides is 2. The van der Waals surface area contributed by atoms with Crippen LogP contribution in [0, 0.1) is 16.7 Å². The van der Waals surface area contributed by atoms with Gasteiger partial charge in [-0.3, -0.25) is 0 Å². The minimum atomic E-state index is -0.767. The van der Waals surface area contributed by atoms with Crippen LogP contribution in [0.4, 0.5) is 4.79 Å². The molecule has 27 heavy (non-hydrogen) atoms. The smallest absolute Gasteiger partial charge is 0.332 e. The summed E-state index contributed by atoms with van der Waals surface area (Å²) in [5, 5.41) is 3.27. The first kappa shape index (κ1) is 19.1. The summed E-state index contributed by atoms with van der Waals surface area (Å²) in [4.78, 5) is 28.6. The molecule has 3 aliphatic carbocycles. The Morgan fingerprint density at radius 2 is 1.89 bits per heavy atom. The zero-order valence-corrected chi connectivity index (χ0v) is 17.3. The second-order valence-electron chi connectivity index (χ2n) is 9.91. The molecule has 0 radical (unpaired) electrons. The van der Waals surface area contributed by atoms with Gasteiger partial charge in [-0.2, -0.15) is 0 Å². The number of urea groups is 1. The van der Waals surface area contributed by atoms with E-state index in [0.29, 0.717) is 19.1 Å². The Bertz CT molecular complexity index is 617. The van der Waals surface area contributed by atoms with Crippen LogP contribution in [0.2, 0.25) is 0 Å². The Morgan fingerprint density at radius 1 is 1.15 bits per heavy atom. The number of esters is 1. The highest BCUT2D eigenvalue weighted by Crippen LogP contribution is 2.76. The quantitative estimate of drug-likeness (QED) is 0.576. The number of carbonyl (C=O) groups excluding carboxylic acids is 2. The van der Waals surface area contributed by atoms with Crippen LogP contribution in [-0.4, -0.2) is 41.6 Å². The average Bonchev–Trinajstić information content (AvgIpc) is 3.11. The third-order valence-corrected chi connectivity index (χ3v) is 8.80. The van der Waals surface area contributed by atoms with Crippen molar-refractivity contribution in [2.45, 2.75) is 96.6 Å². The molecule has 0 aromatic rings. The summed E-state index contributed by atoms with van der Waals surface area (Å²) in [7, 11) is 0. The van der Waals surface area contributed by atoms with Gasteiger partial charge in [-0.05, 0) is 49.9 Å². The molecule has 1 N–H and O–H groups in total. The lowest BCUT2D eigenvalue weighted by atomic mass is 9.65. The minimum Gasteiger partial charge on any atom is -0.464 e. The number of likely N-dealkylation sites (tertiary alicyclic amines) is 1. The molecule has 1 saturated heterocycles. The summed E-state index contributed by atoms with van der Waals surface area (Å²) >= 11 is 0. The molecule has 4 fully saturated rings. The van der Waals surface area contributed by atoms with Crippen LogP contribution in [0.3, 0.4) is 0 Å². The predicted octanol–water partition coefficient (Wildman–Crippen LogP) is 4.25. The van der Waals surface area contributed by atoms with Gasteiger partial charge in [-0.15, -0.1) is 0 Å². The summed E-state index contributed by atoms with van der Waals surface area (Å²) in [5.41, 5.74) is -0.907. The number of unbranched alkanes of at least 4 members (excludes halogenated alkanes) is 1. The second-order valence-corrected chi connectivity index (χ2v) is 9.91. The highest BCUT2D eigenvalue weighted by Gasteiger charge is 2.81. The second kappa shape index (κ2) is 6.66. The molecule has 1 aliphatic heterocycles. The molecule has 2 amide bonds. The van der Waals surface area contributed by atoms with E-state index < -0.39 is 5.54 Å². The first-order valence-electron chi connectivity index (χ1n) is 11.1. The number of ether oxygens (including phenoxy) is 1. The van der Waals surface area contributed by atoms with E-state index in [-0.39, 0.29) is 28.9 Å². The van der Waals surface area contributed by atoms with Gasteiger partial charge in [-0.25, -0.2) is 9.59 Å². The molecule has 3 saturated carbocycles. The summed E-state index contributed by atoms with van der Waals surface area (Å²) in [6.45, 7) is 7.80. The van der Waals surface area contributed by atoms with E-state index in [1.54, 1.807) is 0 Å². The van der Waals surface area contributed by atoms with Crippen molar-refractivity contribution in [1.29, 1.82) is 0 Å². The van der Waals surface area contributed by atoms with Crippen molar-refractivity contribution in [2.75, 3.05) is 13.2 Å². The van der Waals surface area contributed by atoms with Gasteiger partial charge in [0.2, 0.25) is 0 Å². The van der Waals surface area contributed by atoms with Crippen molar-refractivity contribution >= 4 is 12.0 Å². The minimum absolute atomic E-state index is 0.0285.